The van der Waals surface area contributed by atoms with Crippen molar-refractivity contribution in [3.8, 4) is 11.3 Å². The second kappa shape index (κ2) is 6.94. The molecule has 126 valence electrons. The maximum atomic E-state index is 12.9. The van der Waals surface area contributed by atoms with Crippen LogP contribution < -0.4 is 5.32 Å². The standard InChI is InChI=1S/C21H14ClN3O/c22-15-6-3-7-16(11-15)24-21(26)18-12-20(14-5-4-10-23-13-14)25-19-9-2-1-8-17(18)19/h1-13H,(H,24,26). The fourth-order valence-corrected chi connectivity index (χ4v) is 2.98. The Hall–Kier alpha value is -3.24. The van der Waals surface area contributed by atoms with Gasteiger partial charge in [-0.25, -0.2) is 4.98 Å². The molecule has 2 aromatic carbocycles. The van der Waals surface area contributed by atoms with Gasteiger partial charge >= 0.3 is 0 Å². The topological polar surface area (TPSA) is 54.9 Å². The van der Waals surface area contributed by atoms with Gasteiger partial charge in [-0.15, -0.1) is 0 Å². The summed E-state index contributed by atoms with van der Waals surface area (Å²) in [5.74, 6) is -0.212. The Morgan fingerprint density at radius 2 is 1.85 bits per heavy atom. The molecule has 0 unspecified atom stereocenters. The SMILES string of the molecule is O=C(Nc1cccc(Cl)c1)c1cc(-c2cccnc2)nc2ccccc12. The lowest BCUT2D eigenvalue weighted by Crippen LogP contribution is -2.13. The first-order valence-corrected chi connectivity index (χ1v) is 8.45. The van der Waals surface area contributed by atoms with E-state index < -0.39 is 0 Å². The average molecular weight is 360 g/mol. The molecule has 0 radical (unpaired) electrons. The Bertz CT molecular complexity index is 1100. The van der Waals surface area contributed by atoms with Crippen molar-refractivity contribution in [3.05, 3.63) is 89.7 Å². The molecule has 0 saturated carbocycles. The van der Waals surface area contributed by atoms with Crippen LogP contribution in [0.15, 0.2) is 79.1 Å². The molecule has 0 atom stereocenters. The normalized spacial score (nSPS) is 10.7. The van der Waals surface area contributed by atoms with Crippen LogP contribution in [0, 0.1) is 0 Å². The third-order valence-corrected chi connectivity index (χ3v) is 4.24. The van der Waals surface area contributed by atoms with Gasteiger partial charge in [0.25, 0.3) is 5.91 Å². The molecule has 2 heterocycles. The quantitative estimate of drug-likeness (QED) is 0.546. The highest BCUT2D eigenvalue weighted by Gasteiger charge is 2.14. The number of carbonyl (C=O) groups excluding carboxylic acids is 1. The lowest BCUT2D eigenvalue weighted by atomic mass is 10.0. The number of fused-ring (bicyclic) bond motifs is 1. The zero-order valence-corrected chi connectivity index (χ0v) is 14.4. The maximum Gasteiger partial charge on any atom is 0.256 e. The number of anilines is 1. The second-order valence-electron chi connectivity index (χ2n) is 5.78. The fourth-order valence-electron chi connectivity index (χ4n) is 2.79. The third-order valence-electron chi connectivity index (χ3n) is 4.00. The molecule has 0 aliphatic rings. The molecule has 26 heavy (non-hydrogen) atoms. The predicted octanol–water partition coefficient (Wildman–Crippen LogP) is 5.20. The fraction of sp³-hybridized carbons (Fsp3) is 0. The number of amides is 1. The number of carbonyl (C=O) groups is 1. The van der Waals surface area contributed by atoms with Crippen LogP contribution in [-0.4, -0.2) is 15.9 Å². The van der Waals surface area contributed by atoms with E-state index in [2.05, 4.69) is 15.3 Å². The van der Waals surface area contributed by atoms with Gasteiger partial charge in [0, 0.05) is 34.1 Å². The van der Waals surface area contributed by atoms with Crippen molar-refractivity contribution in [2.24, 2.45) is 0 Å². The van der Waals surface area contributed by atoms with E-state index in [-0.39, 0.29) is 5.91 Å². The molecule has 4 nitrogen and oxygen atoms in total. The van der Waals surface area contributed by atoms with Crippen LogP contribution in [0.5, 0.6) is 0 Å². The smallest absolute Gasteiger partial charge is 0.256 e. The van der Waals surface area contributed by atoms with Crippen LogP contribution in [0.25, 0.3) is 22.2 Å². The summed E-state index contributed by atoms with van der Waals surface area (Å²) in [4.78, 5) is 21.7. The van der Waals surface area contributed by atoms with E-state index in [0.29, 0.717) is 22.0 Å². The van der Waals surface area contributed by atoms with Crippen molar-refractivity contribution >= 4 is 34.1 Å². The summed E-state index contributed by atoms with van der Waals surface area (Å²) in [7, 11) is 0. The zero-order chi connectivity index (χ0) is 17.9. The van der Waals surface area contributed by atoms with Gasteiger partial charge in [0.05, 0.1) is 16.8 Å². The minimum atomic E-state index is -0.212. The lowest BCUT2D eigenvalue weighted by Gasteiger charge is -2.11. The lowest BCUT2D eigenvalue weighted by molar-refractivity contribution is 0.102. The number of hydrogen-bond acceptors (Lipinski definition) is 3. The first kappa shape index (κ1) is 16.2. The number of halogens is 1. The molecular formula is C21H14ClN3O. The van der Waals surface area contributed by atoms with Crippen LogP contribution >= 0.6 is 11.6 Å². The molecule has 0 spiro atoms. The van der Waals surface area contributed by atoms with Crippen LogP contribution in [0.1, 0.15) is 10.4 Å². The van der Waals surface area contributed by atoms with Gasteiger partial charge in [0.2, 0.25) is 0 Å². The van der Waals surface area contributed by atoms with Gasteiger partial charge in [-0.1, -0.05) is 35.9 Å². The molecule has 5 heteroatoms. The predicted molar refractivity (Wildman–Crippen MR) is 104 cm³/mol. The van der Waals surface area contributed by atoms with Crippen molar-refractivity contribution in [3.63, 3.8) is 0 Å². The maximum absolute atomic E-state index is 12.9. The Labute approximate surface area is 155 Å². The monoisotopic (exact) mass is 359 g/mol. The number of benzene rings is 2. The highest BCUT2D eigenvalue weighted by atomic mass is 35.5. The van der Waals surface area contributed by atoms with E-state index in [1.807, 2.05) is 36.4 Å². The van der Waals surface area contributed by atoms with E-state index in [1.54, 1.807) is 42.7 Å². The van der Waals surface area contributed by atoms with Gasteiger partial charge in [-0.2, -0.15) is 0 Å². The summed E-state index contributed by atoms with van der Waals surface area (Å²) in [6.45, 7) is 0. The van der Waals surface area contributed by atoms with Gasteiger partial charge < -0.3 is 5.32 Å². The molecule has 4 aromatic rings. The largest absolute Gasteiger partial charge is 0.322 e. The minimum absolute atomic E-state index is 0.212. The van der Waals surface area contributed by atoms with E-state index in [1.165, 1.54) is 0 Å². The van der Waals surface area contributed by atoms with Crippen molar-refractivity contribution < 1.29 is 4.79 Å². The molecule has 1 amide bonds. The number of pyridine rings is 2. The Morgan fingerprint density at radius 3 is 2.65 bits per heavy atom. The third kappa shape index (κ3) is 3.27. The van der Waals surface area contributed by atoms with E-state index in [0.717, 1.165) is 16.5 Å². The molecule has 0 aliphatic carbocycles. The minimum Gasteiger partial charge on any atom is -0.322 e. The molecule has 0 bridgehead atoms. The number of rotatable bonds is 3. The summed E-state index contributed by atoms with van der Waals surface area (Å²) in [5, 5.41) is 4.26. The van der Waals surface area contributed by atoms with Crippen molar-refractivity contribution in [2.75, 3.05) is 5.32 Å². The van der Waals surface area contributed by atoms with Gasteiger partial charge in [0.15, 0.2) is 0 Å². The van der Waals surface area contributed by atoms with Crippen molar-refractivity contribution in [1.82, 2.24) is 9.97 Å². The highest BCUT2D eigenvalue weighted by molar-refractivity contribution is 6.31. The van der Waals surface area contributed by atoms with Gasteiger partial charge in [-0.3, -0.25) is 9.78 Å². The summed E-state index contributed by atoms with van der Waals surface area (Å²) in [6, 6.07) is 20.2. The van der Waals surface area contributed by atoms with Crippen LogP contribution in [0.3, 0.4) is 0 Å². The number of nitrogens with zero attached hydrogens (tertiary/aromatic N) is 2. The molecule has 2 aromatic heterocycles. The summed E-state index contributed by atoms with van der Waals surface area (Å²) in [5.41, 5.74) is 3.51. The van der Waals surface area contributed by atoms with Crippen molar-refractivity contribution in [1.29, 1.82) is 0 Å². The van der Waals surface area contributed by atoms with Crippen LogP contribution in [0.4, 0.5) is 5.69 Å². The molecule has 0 fully saturated rings. The summed E-state index contributed by atoms with van der Waals surface area (Å²) < 4.78 is 0. The molecular weight excluding hydrogens is 346 g/mol. The second-order valence-corrected chi connectivity index (χ2v) is 6.21. The highest BCUT2D eigenvalue weighted by Crippen LogP contribution is 2.25. The van der Waals surface area contributed by atoms with E-state index in [9.17, 15) is 4.79 Å². The summed E-state index contributed by atoms with van der Waals surface area (Å²) >= 11 is 6.01. The molecule has 0 saturated heterocycles. The zero-order valence-electron chi connectivity index (χ0n) is 13.7. The number of nitrogens with one attached hydrogen (secondary N) is 1. The average Bonchev–Trinajstić information content (AvgIpc) is 2.68. The first-order chi connectivity index (χ1) is 12.7. The Morgan fingerprint density at radius 1 is 0.962 bits per heavy atom. The molecule has 4 rings (SSSR count). The molecule has 1 N–H and O–H groups in total. The van der Waals surface area contributed by atoms with Crippen LogP contribution in [0.2, 0.25) is 5.02 Å². The van der Waals surface area contributed by atoms with Gasteiger partial charge in [-0.05, 0) is 42.5 Å². The van der Waals surface area contributed by atoms with E-state index in [4.69, 9.17) is 11.6 Å². The van der Waals surface area contributed by atoms with Crippen molar-refractivity contribution in [2.45, 2.75) is 0 Å². The number of aromatic nitrogens is 2. The Kier molecular flexibility index (Phi) is 4.33. The molecule has 0 aliphatic heterocycles. The number of hydrogen-bond donors (Lipinski definition) is 1. The van der Waals surface area contributed by atoms with E-state index >= 15 is 0 Å². The van der Waals surface area contributed by atoms with Gasteiger partial charge in [0.1, 0.15) is 0 Å². The Balaban J connectivity index is 1.81. The number of para-hydroxylation sites is 1. The van der Waals surface area contributed by atoms with Crippen LogP contribution in [-0.2, 0) is 0 Å². The summed E-state index contributed by atoms with van der Waals surface area (Å²) in [6.07, 6.45) is 3.44. The first-order valence-electron chi connectivity index (χ1n) is 8.08.